The molecule has 1 aliphatic heterocycles. The molecule has 3 aromatic rings. The molecule has 0 saturated carbocycles. The lowest BCUT2D eigenvalue weighted by Crippen LogP contribution is -2.41. The summed E-state index contributed by atoms with van der Waals surface area (Å²) in [4.78, 5) is 28.2. The normalized spacial score (nSPS) is 14.9. The topological polar surface area (TPSA) is 82.4 Å². The Morgan fingerprint density at radius 2 is 1.96 bits per heavy atom. The van der Waals surface area contributed by atoms with Gasteiger partial charge in [0.15, 0.2) is 5.13 Å². The second-order valence-electron chi connectivity index (χ2n) is 6.49. The molecule has 8 nitrogen and oxygen atoms in total. The van der Waals surface area contributed by atoms with Gasteiger partial charge in [-0.05, 0) is 19.1 Å². The van der Waals surface area contributed by atoms with E-state index >= 15 is 0 Å². The molecule has 0 spiro atoms. The Morgan fingerprint density at radius 1 is 1.21 bits per heavy atom. The Labute approximate surface area is 166 Å². The van der Waals surface area contributed by atoms with Crippen molar-refractivity contribution in [2.75, 3.05) is 20.2 Å². The minimum absolute atomic E-state index is 0.0154. The number of methoxy groups -OCH3 is 1. The molecule has 0 atom stereocenters. The SMILES string of the molecule is COc1nccc(OC2CCN(C(=O)c3sc(-n4cccc4)nc3C)CC2)n1. The number of hydrogen-bond donors (Lipinski definition) is 0. The number of ether oxygens (including phenoxy) is 2. The zero-order valence-corrected chi connectivity index (χ0v) is 16.6. The maximum absolute atomic E-state index is 13.0. The summed E-state index contributed by atoms with van der Waals surface area (Å²) < 4.78 is 12.9. The van der Waals surface area contributed by atoms with Gasteiger partial charge in [-0.2, -0.15) is 4.98 Å². The van der Waals surface area contributed by atoms with E-state index in [1.54, 1.807) is 12.3 Å². The Balaban J connectivity index is 1.38. The van der Waals surface area contributed by atoms with E-state index < -0.39 is 0 Å². The number of amides is 1. The van der Waals surface area contributed by atoms with Gasteiger partial charge in [-0.25, -0.2) is 9.97 Å². The van der Waals surface area contributed by atoms with E-state index in [9.17, 15) is 4.79 Å². The molecule has 146 valence electrons. The standard InChI is InChI=1S/C19H21N5O3S/c1-13-16(28-19(21-13)24-9-3-4-10-24)17(25)23-11-6-14(7-12-23)27-15-5-8-20-18(22-15)26-2/h3-5,8-10,14H,6-7,11-12H2,1-2H3. The number of likely N-dealkylation sites (tertiary alicyclic amines) is 1. The number of piperidine rings is 1. The van der Waals surface area contributed by atoms with Crippen molar-refractivity contribution in [3.05, 3.63) is 47.4 Å². The first-order valence-electron chi connectivity index (χ1n) is 9.08. The van der Waals surface area contributed by atoms with Crippen LogP contribution in [0.4, 0.5) is 0 Å². The molecule has 0 aliphatic carbocycles. The fraction of sp³-hybridized carbons (Fsp3) is 0.368. The zero-order chi connectivity index (χ0) is 19.5. The van der Waals surface area contributed by atoms with Gasteiger partial charge in [0.05, 0.1) is 12.8 Å². The van der Waals surface area contributed by atoms with Crippen LogP contribution in [0.2, 0.25) is 0 Å². The maximum atomic E-state index is 13.0. The highest BCUT2D eigenvalue weighted by Crippen LogP contribution is 2.25. The number of carbonyl (C=O) groups excluding carboxylic acids is 1. The summed E-state index contributed by atoms with van der Waals surface area (Å²) in [5, 5.41) is 0.807. The summed E-state index contributed by atoms with van der Waals surface area (Å²) in [6, 6.07) is 5.87. The van der Waals surface area contributed by atoms with Gasteiger partial charge in [0.25, 0.3) is 5.91 Å². The summed E-state index contributed by atoms with van der Waals surface area (Å²) in [5.74, 6) is 0.529. The Kier molecular flexibility index (Phi) is 5.25. The number of thiazole rings is 1. The number of aromatic nitrogens is 4. The third-order valence-electron chi connectivity index (χ3n) is 4.61. The van der Waals surface area contributed by atoms with Gasteiger partial charge in [-0.15, -0.1) is 0 Å². The quantitative estimate of drug-likeness (QED) is 0.656. The van der Waals surface area contributed by atoms with E-state index in [-0.39, 0.29) is 18.0 Å². The molecule has 1 aliphatic rings. The van der Waals surface area contributed by atoms with Gasteiger partial charge in [0, 0.05) is 50.6 Å². The highest BCUT2D eigenvalue weighted by atomic mass is 32.1. The first-order valence-corrected chi connectivity index (χ1v) is 9.89. The average Bonchev–Trinajstić information content (AvgIpc) is 3.38. The van der Waals surface area contributed by atoms with Crippen LogP contribution in [0.5, 0.6) is 11.9 Å². The van der Waals surface area contributed by atoms with Crippen molar-refractivity contribution in [3.63, 3.8) is 0 Å². The van der Waals surface area contributed by atoms with Crippen molar-refractivity contribution >= 4 is 17.2 Å². The minimum Gasteiger partial charge on any atom is -0.474 e. The molecular weight excluding hydrogens is 378 g/mol. The lowest BCUT2D eigenvalue weighted by atomic mass is 10.1. The van der Waals surface area contributed by atoms with Crippen molar-refractivity contribution in [1.29, 1.82) is 0 Å². The molecule has 1 saturated heterocycles. The van der Waals surface area contributed by atoms with E-state index in [1.807, 2.05) is 40.9 Å². The van der Waals surface area contributed by atoms with Crippen molar-refractivity contribution in [2.24, 2.45) is 0 Å². The van der Waals surface area contributed by atoms with Crippen LogP contribution < -0.4 is 9.47 Å². The molecule has 0 unspecified atom stereocenters. The predicted octanol–water partition coefficient (Wildman–Crippen LogP) is 2.72. The number of hydrogen-bond acceptors (Lipinski definition) is 7. The van der Waals surface area contributed by atoms with Crippen LogP contribution in [-0.4, -0.2) is 56.6 Å². The molecule has 0 bridgehead atoms. The van der Waals surface area contributed by atoms with Crippen molar-refractivity contribution in [1.82, 2.24) is 24.4 Å². The summed E-state index contributed by atoms with van der Waals surface area (Å²) in [7, 11) is 1.52. The highest BCUT2D eigenvalue weighted by molar-refractivity contribution is 7.16. The molecule has 0 aromatic carbocycles. The third-order valence-corrected chi connectivity index (χ3v) is 5.77. The van der Waals surface area contributed by atoms with Crippen LogP contribution in [0.15, 0.2) is 36.8 Å². The fourth-order valence-corrected chi connectivity index (χ4v) is 4.14. The van der Waals surface area contributed by atoms with Crippen molar-refractivity contribution in [2.45, 2.75) is 25.9 Å². The Morgan fingerprint density at radius 3 is 2.68 bits per heavy atom. The molecule has 28 heavy (non-hydrogen) atoms. The summed E-state index contributed by atoms with van der Waals surface area (Å²) >= 11 is 1.43. The van der Waals surface area contributed by atoms with E-state index in [0.29, 0.717) is 23.8 Å². The second-order valence-corrected chi connectivity index (χ2v) is 7.47. The molecule has 4 rings (SSSR count). The molecular formula is C19H21N5O3S. The van der Waals surface area contributed by atoms with E-state index in [2.05, 4.69) is 15.0 Å². The van der Waals surface area contributed by atoms with Crippen molar-refractivity contribution < 1.29 is 14.3 Å². The number of nitrogens with zero attached hydrogens (tertiary/aromatic N) is 5. The van der Waals surface area contributed by atoms with Gasteiger partial charge in [-0.3, -0.25) is 4.79 Å². The molecule has 4 heterocycles. The third kappa shape index (κ3) is 3.84. The Hall–Kier alpha value is -2.94. The number of aryl methyl sites for hydroxylation is 1. The fourth-order valence-electron chi connectivity index (χ4n) is 3.13. The predicted molar refractivity (Wildman–Crippen MR) is 104 cm³/mol. The summed E-state index contributed by atoms with van der Waals surface area (Å²) in [6.07, 6.45) is 6.98. The van der Waals surface area contributed by atoms with E-state index in [1.165, 1.54) is 18.4 Å². The molecule has 3 aromatic heterocycles. The molecule has 0 N–H and O–H groups in total. The molecule has 1 fully saturated rings. The monoisotopic (exact) mass is 399 g/mol. The maximum Gasteiger partial charge on any atom is 0.319 e. The molecule has 9 heteroatoms. The van der Waals surface area contributed by atoms with E-state index in [0.717, 1.165) is 23.7 Å². The highest BCUT2D eigenvalue weighted by Gasteiger charge is 2.27. The van der Waals surface area contributed by atoms with Crippen LogP contribution >= 0.6 is 11.3 Å². The van der Waals surface area contributed by atoms with Crippen LogP contribution in [0.3, 0.4) is 0 Å². The van der Waals surface area contributed by atoms with Gasteiger partial charge in [0.2, 0.25) is 5.88 Å². The van der Waals surface area contributed by atoms with Gasteiger partial charge >= 0.3 is 6.01 Å². The average molecular weight is 399 g/mol. The number of carbonyl (C=O) groups is 1. The second kappa shape index (κ2) is 7.97. The first-order chi connectivity index (χ1) is 13.6. The lowest BCUT2D eigenvalue weighted by Gasteiger charge is -2.31. The first kappa shape index (κ1) is 18.4. The van der Waals surface area contributed by atoms with Crippen LogP contribution in [0.1, 0.15) is 28.2 Å². The zero-order valence-electron chi connectivity index (χ0n) is 15.7. The lowest BCUT2D eigenvalue weighted by molar-refractivity contribution is 0.0590. The largest absolute Gasteiger partial charge is 0.474 e. The van der Waals surface area contributed by atoms with Gasteiger partial charge < -0.3 is 18.9 Å². The van der Waals surface area contributed by atoms with Crippen LogP contribution in [0.25, 0.3) is 5.13 Å². The van der Waals surface area contributed by atoms with Crippen LogP contribution in [-0.2, 0) is 0 Å². The van der Waals surface area contributed by atoms with Crippen LogP contribution in [0, 0.1) is 6.92 Å². The molecule has 0 radical (unpaired) electrons. The van der Waals surface area contributed by atoms with Crippen molar-refractivity contribution in [3.8, 4) is 17.0 Å². The summed E-state index contributed by atoms with van der Waals surface area (Å²) in [6.45, 7) is 3.17. The van der Waals surface area contributed by atoms with Gasteiger partial charge in [0.1, 0.15) is 11.0 Å². The van der Waals surface area contributed by atoms with Gasteiger partial charge in [-0.1, -0.05) is 11.3 Å². The smallest absolute Gasteiger partial charge is 0.319 e. The summed E-state index contributed by atoms with van der Waals surface area (Å²) in [5.41, 5.74) is 0.769. The number of rotatable bonds is 5. The Bertz CT molecular complexity index is 948. The molecule has 1 amide bonds. The minimum atomic E-state index is 0.0154. The van der Waals surface area contributed by atoms with E-state index in [4.69, 9.17) is 9.47 Å².